The van der Waals surface area contributed by atoms with Gasteiger partial charge in [0.2, 0.25) is 5.95 Å². The number of nitriles is 1. The Morgan fingerprint density at radius 2 is 1.68 bits per heavy atom. The van der Waals surface area contributed by atoms with E-state index in [0.29, 0.717) is 25.6 Å². The molecule has 3 aromatic rings. The lowest BCUT2D eigenvalue weighted by Gasteiger charge is -2.36. The number of hydrogen-bond acceptors (Lipinski definition) is 9. The van der Waals surface area contributed by atoms with Crippen LogP contribution < -0.4 is 14.7 Å². The van der Waals surface area contributed by atoms with Gasteiger partial charge in [-0.1, -0.05) is 30.3 Å². The molecule has 0 spiro atoms. The predicted molar refractivity (Wildman–Crippen MR) is 148 cm³/mol. The van der Waals surface area contributed by atoms with Crippen LogP contribution in [0.15, 0.2) is 36.7 Å². The summed E-state index contributed by atoms with van der Waals surface area (Å²) in [4.78, 5) is 28.9. The number of hydrogen-bond donors (Lipinski definition) is 0. The Labute approximate surface area is 219 Å². The molecule has 194 valence electrons. The van der Waals surface area contributed by atoms with E-state index in [4.69, 9.17) is 19.9 Å². The normalized spacial score (nSPS) is 16.8. The summed E-state index contributed by atoms with van der Waals surface area (Å²) in [5.74, 6) is 2.45. The molecule has 1 aromatic carbocycles. The van der Waals surface area contributed by atoms with E-state index in [1.165, 1.54) is 12.0 Å². The van der Waals surface area contributed by atoms with E-state index in [2.05, 4.69) is 51.9 Å². The summed E-state index contributed by atoms with van der Waals surface area (Å²) < 4.78 is 0. The van der Waals surface area contributed by atoms with Crippen LogP contribution in [0.25, 0.3) is 11.0 Å². The van der Waals surface area contributed by atoms with Crippen LogP contribution in [0.2, 0.25) is 0 Å². The standard InChI is InChI=1S/C28H37N9/c1-34(2)23-12-18-36(19-13-23)28-32-25-24(27(33-28)35-15-7-4-8-16-35)30-21-31-26(25)37(17-9-14-29)20-22-10-5-3-6-11-22/h3,5-6,10-11,21,23H,4,7-9,12-13,15-20H2,1-2H3. The van der Waals surface area contributed by atoms with Gasteiger partial charge in [0.25, 0.3) is 0 Å². The minimum absolute atomic E-state index is 0.410. The second kappa shape index (κ2) is 11.7. The average molecular weight is 500 g/mol. The van der Waals surface area contributed by atoms with E-state index in [1.807, 2.05) is 18.2 Å². The van der Waals surface area contributed by atoms with Crippen molar-refractivity contribution in [2.24, 2.45) is 0 Å². The van der Waals surface area contributed by atoms with Crippen LogP contribution in [0.5, 0.6) is 0 Å². The second-order valence-corrected chi connectivity index (χ2v) is 10.3. The lowest BCUT2D eigenvalue weighted by Crippen LogP contribution is -2.42. The molecule has 9 heteroatoms. The maximum absolute atomic E-state index is 9.38. The van der Waals surface area contributed by atoms with E-state index in [9.17, 15) is 5.26 Å². The Morgan fingerprint density at radius 3 is 2.38 bits per heavy atom. The molecule has 0 saturated carbocycles. The number of rotatable bonds is 8. The van der Waals surface area contributed by atoms with Crippen LogP contribution in [0.1, 0.15) is 44.1 Å². The van der Waals surface area contributed by atoms with Crippen molar-refractivity contribution in [3.63, 3.8) is 0 Å². The van der Waals surface area contributed by atoms with Gasteiger partial charge in [-0.15, -0.1) is 0 Å². The first-order valence-electron chi connectivity index (χ1n) is 13.5. The van der Waals surface area contributed by atoms with E-state index in [-0.39, 0.29) is 0 Å². The van der Waals surface area contributed by atoms with Crippen molar-refractivity contribution in [1.82, 2.24) is 24.8 Å². The molecule has 2 aromatic heterocycles. The van der Waals surface area contributed by atoms with Crippen molar-refractivity contribution in [3.8, 4) is 6.07 Å². The van der Waals surface area contributed by atoms with Crippen LogP contribution >= 0.6 is 0 Å². The molecule has 0 aliphatic carbocycles. The zero-order valence-electron chi connectivity index (χ0n) is 22.1. The highest BCUT2D eigenvalue weighted by Gasteiger charge is 2.27. The van der Waals surface area contributed by atoms with Crippen LogP contribution in [0, 0.1) is 11.3 Å². The lowest BCUT2D eigenvalue weighted by molar-refractivity contribution is 0.249. The Bertz CT molecular complexity index is 1210. The van der Waals surface area contributed by atoms with Gasteiger partial charge in [-0.25, -0.2) is 15.0 Å². The monoisotopic (exact) mass is 499 g/mol. The molecule has 2 aliphatic heterocycles. The SMILES string of the molecule is CN(C)C1CCN(c2nc(N3CCCCC3)c3ncnc(N(CCC#N)Cc4ccccc4)c3n2)CC1. The Balaban J connectivity index is 1.58. The quantitative estimate of drug-likeness (QED) is 0.458. The van der Waals surface area contributed by atoms with Gasteiger partial charge in [0.05, 0.1) is 12.5 Å². The molecular formula is C28H37N9. The first-order chi connectivity index (χ1) is 18.1. The van der Waals surface area contributed by atoms with Gasteiger partial charge in [-0.3, -0.25) is 0 Å². The highest BCUT2D eigenvalue weighted by molar-refractivity contribution is 5.94. The van der Waals surface area contributed by atoms with Crippen LogP contribution in [0.4, 0.5) is 17.6 Å². The highest BCUT2D eigenvalue weighted by Crippen LogP contribution is 2.33. The molecule has 9 nitrogen and oxygen atoms in total. The molecule has 2 aliphatic rings. The van der Waals surface area contributed by atoms with Gasteiger partial charge in [0, 0.05) is 45.3 Å². The number of aromatic nitrogens is 4. The molecule has 5 rings (SSSR count). The topological polar surface area (TPSA) is 88.3 Å². The van der Waals surface area contributed by atoms with Crippen molar-refractivity contribution < 1.29 is 0 Å². The van der Waals surface area contributed by atoms with Gasteiger partial charge >= 0.3 is 0 Å². The third-order valence-electron chi connectivity index (χ3n) is 7.58. The smallest absolute Gasteiger partial charge is 0.228 e. The molecular weight excluding hydrogens is 462 g/mol. The van der Waals surface area contributed by atoms with Gasteiger partial charge in [0.1, 0.15) is 17.4 Å². The van der Waals surface area contributed by atoms with E-state index < -0.39 is 0 Å². The number of nitrogens with zero attached hydrogens (tertiary/aromatic N) is 9. The second-order valence-electron chi connectivity index (χ2n) is 10.3. The van der Waals surface area contributed by atoms with E-state index in [0.717, 1.165) is 80.5 Å². The summed E-state index contributed by atoms with van der Waals surface area (Å²) in [6.45, 7) is 5.05. The maximum atomic E-state index is 9.38. The first-order valence-corrected chi connectivity index (χ1v) is 13.5. The largest absolute Gasteiger partial charge is 0.355 e. The fourth-order valence-electron chi connectivity index (χ4n) is 5.44. The van der Waals surface area contributed by atoms with Gasteiger partial charge in [0.15, 0.2) is 11.6 Å². The van der Waals surface area contributed by atoms with Crippen molar-refractivity contribution in [3.05, 3.63) is 42.2 Å². The third-order valence-corrected chi connectivity index (χ3v) is 7.58. The van der Waals surface area contributed by atoms with Gasteiger partial charge in [-0.05, 0) is 51.8 Å². The Kier molecular flexibility index (Phi) is 7.95. The summed E-state index contributed by atoms with van der Waals surface area (Å²) in [7, 11) is 4.32. The zero-order valence-corrected chi connectivity index (χ0v) is 22.1. The van der Waals surface area contributed by atoms with E-state index >= 15 is 0 Å². The summed E-state index contributed by atoms with van der Waals surface area (Å²) in [6, 6.07) is 13.2. The summed E-state index contributed by atoms with van der Waals surface area (Å²) in [5.41, 5.74) is 2.74. The summed E-state index contributed by atoms with van der Waals surface area (Å²) in [6.07, 6.45) is 7.80. The van der Waals surface area contributed by atoms with Gasteiger partial charge < -0.3 is 19.6 Å². The predicted octanol–water partition coefficient (Wildman–Crippen LogP) is 3.86. The molecule has 2 saturated heterocycles. The summed E-state index contributed by atoms with van der Waals surface area (Å²) >= 11 is 0. The zero-order chi connectivity index (χ0) is 25.6. The van der Waals surface area contributed by atoms with Crippen LogP contribution in [0.3, 0.4) is 0 Å². The van der Waals surface area contributed by atoms with Gasteiger partial charge in [-0.2, -0.15) is 10.2 Å². The van der Waals surface area contributed by atoms with Crippen molar-refractivity contribution >= 4 is 28.6 Å². The molecule has 0 unspecified atom stereocenters. The molecule has 0 amide bonds. The maximum Gasteiger partial charge on any atom is 0.228 e. The molecule has 0 atom stereocenters. The van der Waals surface area contributed by atoms with E-state index in [1.54, 1.807) is 6.33 Å². The van der Waals surface area contributed by atoms with Crippen molar-refractivity contribution in [2.45, 2.75) is 51.1 Å². The number of piperidine rings is 2. The molecule has 4 heterocycles. The minimum Gasteiger partial charge on any atom is -0.355 e. The minimum atomic E-state index is 0.410. The summed E-state index contributed by atoms with van der Waals surface area (Å²) in [5, 5.41) is 9.38. The molecule has 0 N–H and O–H groups in total. The Morgan fingerprint density at radius 1 is 0.919 bits per heavy atom. The molecule has 0 radical (unpaired) electrons. The fraction of sp³-hybridized carbons (Fsp3) is 0.536. The number of benzene rings is 1. The Hall–Kier alpha value is -3.51. The van der Waals surface area contributed by atoms with Crippen LogP contribution in [-0.2, 0) is 6.54 Å². The first kappa shape index (κ1) is 25.2. The third kappa shape index (κ3) is 5.75. The highest BCUT2D eigenvalue weighted by atomic mass is 15.3. The number of fused-ring (bicyclic) bond motifs is 1. The lowest BCUT2D eigenvalue weighted by atomic mass is 10.0. The fourth-order valence-corrected chi connectivity index (χ4v) is 5.44. The molecule has 0 bridgehead atoms. The van der Waals surface area contributed by atoms with Crippen LogP contribution in [-0.4, -0.2) is 77.7 Å². The average Bonchev–Trinajstić information content (AvgIpc) is 2.95. The van der Waals surface area contributed by atoms with Crippen molar-refractivity contribution in [1.29, 1.82) is 5.26 Å². The molecule has 37 heavy (non-hydrogen) atoms. The van der Waals surface area contributed by atoms with Crippen molar-refractivity contribution in [2.75, 3.05) is 61.5 Å². The molecule has 2 fully saturated rings. The number of anilines is 3.